The Balaban J connectivity index is 4.00. The first-order valence-corrected chi connectivity index (χ1v) is 7.74. The Kier molecular flexibility index (Phi) is 9.76. The lowest BCUT2D eigenvalue weighted by atomic mass is 9.79. The lowest BCUT2D eigenvalue weighted by molar-refractivity contribution is 0.0719. The second-order valence-electron chi connectivity index (χ2n) is 6.45. The number of nitrogens with one attached hydrogen (secondary N) is 1. The van der Waals surface area contributed by atoms with Crippen LogP contribution in [0.25, 0.3) is 0 Å². The van der Waals surface area contributed by atoms with Crippen molar-refractivity contribution in [1.82, 2.24) is 5.32 Å². The van der Waals surface area contributed by atoms with Crippen LogP contribution in [0.2, 0.25) is 0 Å². The van der Waals surface area contributed by atoms with E-state index in [2.05, 4.69) is 46.9 Å². The normalized spacial score (nSPS) is 12.7. The predicted octanol–water partition coefficient (Wildman–Crippen LogP) is 4.10. The molecule has 0 rings (SSSR count). The molecule has 0 aromatic heterocycles. The highest BCUT2D eigenvalue weighted by Gasteiger charge is 2.25. The Morgan fingerprint density at radius 1 is 1.00 bits per heavy atom. The minimum absolute atomic E-state index is 0.422. The van der Waals surface area contributed by atoms with Crippen molar-refractivity contribution in [3.8, 4) is 0 Å². The fourth-order valence-electron chi connectivity index (χ4n) is 2.18. The van der Waals surface area contributed by atoms with Crippen LogP contribution in [0.3, 0.4) is 0 Å². The Labute approximate surface area is 115 Å². The number of hydrogen-bond acceptors (Lipinski definition) is 2. The van der Waals surface area contributed by atoms with Crippen molar-refractivity contribution in [3.63, 3.8) is 0 Å². The van der Waals surface area contributed by atoms with Gasteiger partial charge in [-0.2, -0.15) is 0 Å². The first kappa shape index (κ1) is 17.9. The van der Waals surface area contributed by atoms with Crippen molar-refractivity contribution in [2.24, 2.45) is 17.3 Å². The van der Waals surface area contributed by atoms with Gasteiger partial charge in [-0.3, -0.25) is 0 Å². The van der Waals surface area contributed by atoms with E-state index in [1.807, 2.05) is 0 Å². The maximum atomic E-state index is 5.75. The van der Waals surface area contributed by atoms with Crippen LogP contribution >= 0.6 is 0 Å². The summed E-state index contributed by atoms with van der Waals surface area (Å²) in [5.41, 5.74) is 0.422. The molecule has 18 heavy (non-hydrogen) atoms. The lowest BCUT2D eigenvalue weighted by Gasteiger charge is -2.32. The summed E-state index contributed by atoms with van der Waals surface area (Å²) in [6.07, 6.45) is 3.65. The highest BCUT2D eigenvalue weighted by atomic mass is 16.5. The minimum atomic E-state index is 0.422. The zero-order valence-corrected chi connectivity index (χ0v) is 13.5. The van der Waals surface area contributed by atoms with E-state index in [4.69, 9.17) is 4.74 Å². The van der Waals surface area contributed by atoms with Crippen molar-refractivity contribution >= 4 is 0 Å². The van der Waals surface area contributed by atoms with Gasteiger partial charge < -0.3 is 10.1 Å². The Bertz CT molecular complexity index is 186. The van der Waals surface area contributed by atoms with Crippen LogP contribution in [0.1, 0.15) is 60.8 Å². The molecule has 0 unspecified atom stereocenters. The van der Waals surface area contributed by atoms with Crippen molar-refractivity contribution in [3.05, 3.63) is 0 Å². The monoisotopic (exact) mass is 257 g/mol. The van der Waals surface area contributed by atoms with Crippen LogP contribution in [-0.4, -0.2) is 26.3 Å². The molecule has 0 bridgehead atoms. The van der Waals surface area contributed by atoms with E-state index in [9.17, 15) is 0 Å². The van der Waals surface area contributed by atoms with Gasteiger partial charge in [0, 0.05) is 19.8 Å². The Morgan fingerprint density at radius 2 is 1.61 bits per heavy atom. The van der Waals surface area contributed by atoms with Gasteiger partial charge in [0.15, 0.2) is 0 Å². The molecule has 0 heterocycles. The summed E-state index contributed by atoms with van der Waals surface area (Å²) < 4.78 is 5.75. The summed E-state index contributed by atoms with van der Waals surface area (Å²) in [5, 5.41) is 3.62. The van der Waals surface area contributed by atoms with Crippen LogP contribution < -0.4 is 5.32 Å². The van der Waals surface area contributed by atoms with Crippen molar-refractivity contribution < 1.29 is 4.74 Å². The van der Waals surface area contributed by atoms with E-state index in [0.717, 1.165) is 32.2 Å². The van der Waals surface area contributed by atoms with E-state index < -0.39 is 0 Å². The fourth-order valence-corrected chi connectivity index (χ4v) is 2.18. The van der Waals surface area contributed by atoms with E-state index in [1.54, 1.807) is 0 Å². The summed E-state index contributed by atoms with van der Waals surface area (Å²) >= 11 is 0. The highest BCUT2D eigenvalue weighted by Crippen LogP contribution is 2.29. The number of hydrogen-bond donors (Lipinski definition) is 1. The molecule has 0 amide bonds. The van der Waals surface area contributed by atoms with Crippen molar-refractivity contribution in [1.29, 1.82) is 0 Å². The van der Waals surface area contributed by atoms with Gasteiger partial charge in [0.25, 0.3) is 0 Å². The van der Waals surface area contributed by atoms with Crippen LogP contribution in [0.5, 0.6) is 0 Å². The highest BCUT2D eigenvalue weighted by molar-refractivity contribution is 4.79. The lowest BCUT2D eigenvalue weighted by Crippen LogP contribution is -2.36. The molecule has 0 spiro atoms. The average Bonchev–Trinajstić information content (AvgIpc) is 2.32. The van der Waals surface area contributed by atoms with Crippen LogP contribution in [0.15, 0.2) is 0 Å². The zero-order valence-electron chi connectivity index (χ0n) is 13.5. The topological polar surface area (TPSA) is 21.3 Å². The van der Waals surface area contributed by atoms with E-state index in [0.29, 0.717) is 11.3 Å². The molecule has 0 aromatic rings. The molecule has 0 aromatic carbocycles. The molecule has 0 aliphatic heterocycles. The van der Waals surface area contributed by atoms with Crippen LogP contribution in [-0.2, 0) is 4.74 Å². The smallest absolute Gasteiger partial charge is 0.0488 e. The third kappa shape index (κ3) is 8.10. The SMILES string of the molecule is CCC(CC)(CCOCC(C)C)CNCC(C)C. The molecule has 0 radical (unpaired) electrons. The number of ether oxygens (including phenoxy) is 1. The molecule has 2 heteroatoms. The first-order chi connectivity index (χ1) is 8.45. The average molecular weight is 257 g/mol. The maximum Gasteiger partial charge on any atom is 0.0488 e. The third-order valence-corrected chi connectivity index (χ3v) is 3.78. The Hall–Kier alpha value is -0.0800. The summed E-state index contributed by atoms with van der Waals surface area (Å²) in [4.78, 5) is 0. The quantitative estimate of drug-likeness (QED) is 0.563. The zero-order chi connectivity index (χ0) is 14.0. The standard InChI is InChI=1S/C16H35NO/c1-7-16(8-2,13-17-11-14(3)4)9-10-18-12-15(5)6/h14-15,17H,7-13H2,1-6H3. The van der Waals surface area contributed by atoms with Gasteiger partial charge in [-0.1, -0.05) is 41.5 Å². The summed E-state index contributed by atoms with van der Waals surface area (Å²) in [6.45, 7) is 17.6. The largest absolute Gasteiger partial charge is 0.381 e. The fraction of sp³-hybridized carbons (Fsp3) is 1.00. The molecule has 0 aliphatic rings. The van der Waals surface area contributed by atoms with Crippen LogP contribution in [0.4, 0.5) is 0 Å². The van der Waals surface area contributed by atoms with Crippen molar-refractivity contribution in [2.75, 3.05) is 26.3 Å². The molecule has 0 saturated heterocycles. The molecule has 0 fully saturated rings. The van der Waals surface area contributed by atoms with Gasteiger partial charge in [-0.15, -0.1) is 0 Å². The van der Waals surface area contributed by atoms with Gasteiger partial charge in [-0.25, -0.2) is 0 Å². The predicted molar refractivity (Wildman–Crippen MR) is 81.0 cm³/mol. The Morgan fingerprint density at radius 3 is 2.06 bits per heavy atom. The van der Waals surface area contributed by atoms with Gasteiger partial charge in [0.1, 0.15) is 0 Å². The van der Waals surface area contributed by atoms with Gasteiger partial charge in [-0.05, 0) is 43.1 Å². The second kappa shape index (κ2) is 9.80. The van der Waals surface area contributed by atoms with Crippen molar-refractivity contribution in [2.45, 2.75) is 60.8 Å². The molecule has 1 N–H and O–H groups in total. The molecule has 110 valence electrons. The summed E-state index contributed by atoms with van der Waals surface area (Å²) in [7, 11) is 0. The molecule has 0 atom stereocenters. The van der Waals surface area contributed by atoms with Gasteiger partial charge in [0.05, 0.1) is 0 Å². The molecular formula is C16H35NO. The molecular weight excluding hydrogens is 222 g/mol. The van der Waals surface area contributed by atoms with Gasteiger partial charge in [0.2, 0.25) is 0 Å². The van der Waals surface area contributed by atoms with E-state index in [1.165, 1.54) is 19.3 Å². The molecule has 0 aliphatic carbocycles. The summed E-state index contributed by atoms with van der Waals surface area (Å²) in [6, 6.07) is 0. The number of rotatable bonds is 11. The van der Waals surface area contributed by atoms with Gasteiger partial charge >= 0.3 is 0 Å². The first-order valence-electron chi connectivity index (χ1n) is 7.74. The maximum absolute atomic E-state index is 5.75. The molecule has 0 saturated carbocycles. The van der Waals surface area contributed by atoms with Crippen LogP contribution in [0, 0.1) is 17.3 Å². The molecule has 2 nitrogen and oxygen atoms in total. The third-order valence-electron chi connectivity index (χ3n) is 3.78. The summed E-state index contributed by atoms with van der Waals surface area (Å²) in [5.74, 6) is 1.37. The minimum Gasteiger partial charge on any atom is -0.381 e. The second-order valence-corrected chi connectivity index (χ2v) is 6.45. The van der Waals surface area contributed by atoms with E-state index in [-0.39, 0.29) is 0 Å². The van der Waals surface area contributed by atoms with E-state index >= 15 is 0 Å².